The van der Waals surface area contributed by atoms with Crippen LogP contribution in [0.15, 0.2) is 18.2 Å². The molecule has 1 aliphatic rings. The average molecular weight is 227 g/mol. The van der Waals surface area contributed by atoms with E-state index >= 15 is 0 Å². The first-order valence-electron chi connectivity index (χ1n) is 3.44. The first-order valence-corrected chi connectivity index (χ1v) is 4.32. The van der Waals surface area contributed by atoms with E-state index in [1.807, 2.05) is 26.0 Å². The molecule has 0 N–H and O–H groups in total. The fourth-order valence-electron chi connectivity index (χ4n) is 0.340. The van der Waals surface area contributed by atoms with Crippen molar-refractivity contribution >= 4 is 11.9 Å². The van der Waals surface area contributed by atoms with E-state index in [4.69, 9.17) is 15.5 Å². The molecule has 0 bridgehead atoms. The molecule has 0 aromatic rings. The molecular weight excluding hydrogens is 214 g/mol. The summed E-state index contributed by atoms with van der Waals surface area (Å²) in [5.41, 5.74) is 0. The van der Waals surface area contributed by atoms with E-state index in [1.165, 1.54) is 0 Å². The molecule has 0 heterocycles. The zero-order valence-electron chi connectivity index (χ0n) is 7.16. The van der Waals surface area contributed by atoms with Crippen LogP contribution in [0.2, 0.25) is 0 Å². The molecule has 0 atom stereocenters. The van der Waals surface area contributed by atoms with E-state index < -0.39 is 0 Å². The molecule has 0 fully saturated rings. The van der Waals surface area contributed by atoms with Gasteiger partial charge in [0.2, 0.25) is 0 Å². The Balaban J connectivity index is 0. The van der Waals surface area contributed by atoms with Crippen molar-refractivity contribution < 1.29 is 25.3 Å². The number of halogens is 1. The van der Waals surface area contributed by atoms with E-state index in [2.05, 4.69) is 16.4 Å². The second kappa shape index (κ2) is 13.7. The second-order valence-corrected chi connectivity index (χ2v) is 2.32. The maximum atomic E-state index is 8.19. The van der Waals surface area contributed by atoms with Gasteiger partial charge in [-0.05, 0) is 13.8 Å². The number of hydrogen-bond acceptors (Lipinski definition) is 2. The molecule has 1 aliphatic carbocycles. The van der Waals surface area contributed by atoms with Crippen LogP contribution in [0.4, 0.5) is 0 Å². The van der Waals surface area contributed by atoms with Crippen LogP contribution in [0.5, 0.6) is 0 Å². The Bertz CT molecular complexity index is 125. The van der Waals surface area contributed by atoms with E-state index in [9.17, 15) is 0 Å². The Morgan fingerprint density at radius 3 is 2.17 bits per heavy atom. The van der Waals surface area contributed by atoms with Gasteiger partial charge in [0.25, 0.3) is 0 Å². The fraction of sp³-hybridized carbons (Fsp3) is 0.500. The van der Waals surface area contributed by atoms with Gasteiger partial charge in [0, 0.05) is 0 Å². The molecule has 0 aromatic carbocycles. The van der Waals surface area contributed by atoms with Gasteiger partial charge in [0.1, 0.15) is 0 Å². The van der Waals surface area contributed by atoms with Gasteiger partial charge in [-0.2, -0.15) is 6.08 Å². The molecule has 0 aromatic heterocycles. The molecule has 12 heavy (non-hydrogen) atoms. The summed E-state index contributed by atoms with van der Waals surface area (Å²) >= 11 is 5.90. The van der Waals surface area contributed by atoms with E-state index in [1.54, 1.807) is 0 Å². The molecule has 0 unspecified atom stereocenters. The SMILES string of the molecule is CC(C)OCl.[C-]1=CC=CC1.[O]=[V]. The van der Waals surface area contributed by atoms with Crippen molar-refractivity contribution in [3.05, 3.63) is 24.3 Å². The van der Waals surface area contributed by atoms with Gasteiger partial charge in [-0.25, -0.2) is 12.2 Å². The van der Waals surface area contributed by atoms with Crippen LogP contribution < -0.4 is 0 Å². The van der Waals surface area contributed by atoms with Crippen LogP contribution in [-0.4, -0.2) is 6.10 Å². The van der Waals surface area contributed by atoms with Crippen LogP contribution >= 0.6 is 11.9 Å². The first kappa shape index (κ1) is 14.6. The van der Waals surface area contributed by atoms with Gasteiger partial charge in [-0.1, -0.05) is 0 Å². The summed E-state index contributed by atoms with van der Waals surface area (Å²) in [7, 11) is 0. The summed E-state index contributed by atoms with van der Waals surface area (Å²) in [6.07, 6.45) is 10.1. The average Bonchev–Trinajstić information content (AvgIpc) is 2.65. The normalized spacial score (nSPS) is 11.6. The van der Waals surface area contributed by atoms with Gasteiger partial charge in [-0.3, -0.25) is 10.4 Å². The predicted molar refractivity (Wildman–Crippen MR) is 44.3 cm³/mol. The molecule has 69 valence electrons. The molecule has 2 nitrogen and oxygen atoms in total. The van der Waals surface area contributed by atoms with Gasteiger partial charge >= 0.3 is 21.0 Å². The summed E-state index contributed by atoms with van der Waals surface area (Å²) in [5, 5.41) is 0. The zero-order chi connectivity index (χ0) is 9.82. The van der Waals surface area contributed by atoms with Gasteiger partial charge < -0.3 is 0 Å². The molecule has 0 amide bonds. The second-order valence-electron chi connectivity index (χ2n) is 2.14. The van der Waals surface area contributed by atoms with Crippen molar-refractivity contribution in [2.24, 2.45) is 0 Å². The van der Waals surface area contributed by atoms with Crippen LogP contribution in [0.25, 0.3) is 0 Å². The predicted octanol–water partition coefficient (Wildman–Crippen LogP) is 2.75. The topological polar surface area (TPSA) is 26.3 Å². The van der Waals surface area contributed by atoms with Crippen LogP contribution in [0.1, 0.15) is 20.3 Å². The summed E-state index contributed by atoms with van der Waals surface area (Å²) in [5.74, 6) is 0. The van der Waals surface area contributed by atoms with Gasteiger partial charge in [0.15, 0.2) is 0 Å². The van der Waals surface area contributed by atoms with Crippen molar-refractivity contribution in [3.63, 3.8) is 0 Å². The van der Waals surface area contributed by atoms with Crippen LogP contribution in [0.3, 0.4) is 0 Å². The number of rotatable bonds is 1. The van der Waals surface area contributed by atoms with Crippen LogP contribution in [0, 0.1) is 6.08 Å². The maximum absolute atomic E-state index is 8.19. The minimum absolute atomic E-state index is 0.150. The zero-order valence-corrected chi connectivity index (χ0v) is 9.31. The van der Waals surface area contributed by atoms with Crippen LogP contribution in [-0.2, 0) is 25.3 Å². The standard InChI is InChI=1S/C5H5.C3H7ClO.O.V/c1-2-4-5-3-1;1-3(2)5-4;;/h1-3H,4H2;3H,1-2H3;;/q-1;;;. The third kappa shape index (κ3) is 16.6. The van der Waals surface area contributed by atoms with Crippen molar-refractivity contribution in [1.82, 2.24) is 0 Å². The monoisotopic (exact) mass is 226 g/mol. The summed E-state index contributed by atoms with van der Waals surface area (Å²) in [6, 6.07) is 0. The number of hydrogen-bond donors (Lipinski definition) is 0. The minimum atomic E-state index is 0.150. The summed E-state index contributed by atoms with van der Waals surface area (Å²) in [6.45, 7) is 3.74. The fourth-order valence-corrected chi connectivity index (χ4v) is 0.340. The van der Waals surface area contributed by atoms with Crippen molar-refractivity contribution in [3.8, 4) is 0 Å². The molecule has 4 heteroatoms. The third-order valence-corrected chi connectivity index (χ3v) is 1.12. The van der Waals surface area contributed by atoms with Gasteiger partial charge in [0.05, 0.1) is 18.0 Å². The van der Waals surface area contributed by atoms with Gasteiger partial charge in [-0.15, -0.1) is 6.42 Å². The van der Waals surface area contributed by atoms with Crippen molar-refractivity contribution in [2.75, 3.05) is 0 Å². The van der Waals surface area contributed by atoms with Crippen molar-refractivity contribution in [1.29, 1.82) is 0 Å². The molecule has 1 rings (SSSR count). The quantitative estimate of drug-likeness (QED) is 0.643. The van der Waals surface area contributed by atoms with E-state index in [0.29, 0.717) is 0 Å². The number of allylic oxidation sites excluding steroid dienone is 4. The first-order chi connectivity index (χ1) is 5.77. The van der Waals surface area contributed by atoms with E-state index in [0.717, 1.165) is 23.8 Å². The molecule has 0 saturated carbocycles. The van der Waals surface area contributed by atoms with E-state index in [-0.39, 0.29) is 6.10 Å². The Labute approximate surface area is 88.0 Å². The molecule has 0 spiro atoms. The Kier molecular flexibility index (Phi) is 16.7. The summed E-state index contributed by atoms with van der Waals surface area (Å²) < 4.78 is 12.4. The Hall–Kier alpha value is 0.114. The molecular formula is C8H12ClO2V-. The molecule has 0 aliphatic heterocycles. The molecule has 0 radical (unpaired) electrons. The van der Waals surface area contributed by atoms with Crippen molar-refractivity contribution in [2.45, 2.75) is 26.4 Å². The molecule has 0 saturated heterocycles. The Morgan fingerprint density at radius 1 is 1.58 bits per heavy atom. The third-order valence-electron chi connectivity index (χ3n) is 0.764. The summed E-state index contributed by atoms with van der Waals surface area (Å²) in [4.78, 5) is 0. The Morgan fingerprint density at radius 2 is 2.08 bits per heavy atom.